The van der Waals surface area contributed by atoms with Crippen molar-refractivity contribution in [1.82, 2.24) is 47.9 Å². The molecule has 0 saturated heterocycles. The van der Waals surface area contributed by atoms with Gasteiger partial charge in [0.15, 0.2) is 0 Å². The van der Waals surface area contributed by atoms with Crippen molar-refractivity contribution in [2.75, 3.05) is 37.2 Å². The van der Waals surface area contributed by atoms with Crippen LogP contribution in [-0.2, 0) is 62.3 Å². The van der Waals surface area contributed by atoms with Gasteiger partial charge in [-0.3, -0.25) is 57.5 Å². The highest BCUT2D eigenvalue weighted by molar-refractivity contribution is 7.98. The third-order valence-electron chi connectivity index (χ3n) is 10.2. The molecule has 72 heavy (non-hydrogen) atoms. The molecule has 0 aromatic rings. The molecule has 0 aliphatic carbocycles. The van der Waals surface area contributed by atoms with Crippen LogP contribution in [-0.4, -0.2) is 179 Å². The lowest BCUT2D eigenvalue weighted by atomic mass is 10.00. The zero-order valence-electron chi connectivity index (χ0n) is 41.5. The molecule has 0 heterocycles. The van der Waals surface area contributed by atoms with Crippen LogP contribution in [0.5, 0.6) is 0 Å². The molecule has 0 saturated carbocycles. The molecule has 0 spiro atoms. The Morgan fingerprint density at radius 1 is 0.472 bits per heavy atom. The van der Waals surface area contributed by atoms with Gasteiger partial charge in [0.05, 0.1) is 26.0 Å². The van der Waals surface area contributed by atoms with E-state index in [4.69, 9.17) is 22.9 Å². The maximum atomic E-state index is 13.8. The number of carboxylic acid groups (broad SMARTS) is 1. The fourth-order valence-electron chi connectivity index (χ4n) is 6.34. The molecular formula is C42H73N13O15S2. The van der Waals surface area contributed by atoms with Gasteiger partial charge in [0.1, 0.15) is 54.4 Å². The largest absolute Gasteiger partial charge is 0.480 e. The number of primary amides is 3. The Labute approximate surface area is 425 Å². The smallest absolute Gasteiger partial charge is 0.326 e. The zero-order valence-corrected chi connectivity index (χ0v) is 43.1. The molecule has 408 valence electrons. The maximum absolute atomic E-state index is 13.8. The summed E-state index contributed by atoms with van der Waals surface area (Å²) in [6.07, 6.45) is 0.808. The summed E-state index contributed by atoms with van der Waals surface area (Å²) in [7, 11) is 0. The van der Waals surface area contributed by atoms with Gasteiger partial charge in [-0.05, 0) is 68.5 Å². The highest BCUT2D eigenvalue weighted by Gasteiger charge is 2.36. The van der Waals surface area contributed by atoms with Gasteiger partial charge < -0.3 is 81.0 Å². The van der Waals surface area contributed by atoms with E-state index in [1.807, 2.05) is 0 Å². The molecule has 19 N–H and O–H groups in total. The Kier molecular flexibility index (Phi) is 31.2. The summed E-state index contributed by atoms with van der Waals surface area (Å²) in [6.45, 7) is 6.31. The molecule has 0 bridgehead atoms. The minimum atomic E-state index is -1.93. The lowest BCUT2D eigenvalue weighted by molar-refractivity contribution is -0.143. The van der Waals surface area contributed by atoms with E-state index in [-0.39, 0.29) is 30.9 Å². The second-order valence-corrected chi connectivity index (χ2v) is 19.2. The van der Waals surface area contributed by atoms with Crippen LogP contribution in [0.1, 0.15) is 79.6 Å². The van der Waals surface area contributed by atoms with Gasteiger partial charge in [0.25, 0.3) is 0 Å². The number of aliphatic hydroxyl groups is 1. The van der Waals surface area contributed by atoms with E-state index in [2.05, 4.69) is 47.9 Å². The Hall–Kier alpha value is -6.27. The quantitative estimate of drug-likeness (QED) is 0.0277. The van der Waals surface area contributed by atoms with Crippen LogP contribution < -0.4 is 70.8 Å². The lowest BCUT2D eigenvalue weighted by Gasteiger charge is -2.28. The number of carbonyl (C=O) groups is 13. The van der Waals surface area contributed by atoms with Gasteiger partial charge in [-0.25, -0.2) is 4.79 Å². The van der Waals surface area contributed by atoms with Gasteiger partial charge in [-0.15, -0.1) is 0 Å². The molecule has 0 aliphatic heterocycles. The Morgan fingerprint density at radius 3 is 1.25 bits per heavy atom. The summed E-state index contributed by atoms with van der Waals surface area (Å²) in [5.41, 5.74) is 21.4. The number of thioether (sulfide) groups is 2. The summed E-state index contributed by atoms with van der Waals surface area (Å²) < 4.78 is 0. The first-order valence-electron chi connectivity index (χ1n) is 22.7. The molecule has 0 rings (SSSR count). The average molecular weight is 1060 g/mol. The van der Waals surface area contributed by atoms with E-state index >= 15 is 0 Å². The summed E-state index contributed by atoms with van der Waals surface area (Å²) in [4.78, 5) is 167. The summed E-state index contributed by atoms with van der Waals surface area (Å²) in [5.74, 6) is -13.5. The van der Waals surface area contributed by atoms with Gasteiger partial charge in [-0.1, -0.05) is 27.7 Å². The number of nitrogens with two attached hydrogens (primary N) is 4. The fourth-order valence-corrected chi connectivity index (χ4v) is 7.28. The highest BCUT2D eigenvalue weighted by atomic mass is 32.2. The number of amides is 12. The van der Waals surface area contributed by atoms with E-state index in [9.17, 15) is 72.5 Å². The van der Waals surface area contributed by atoms with Crippen molar-refractivity contribution in [1.29, 1.82) is 0 Å². The predicted molar refractivity (Wildman–Crippen MR) is 263 cm³/mol. The standard InChI is InChI=1S/C42H73N13O15S2/c1-19(2)14-25(40(67)55-33(20(3)4)42(69)70)52-37(64)24(11-13-72-7)50-38(65)27(16-31(46)59)53-36(63)22(8-9-29(44)57)49-41(68)28(18-56)54-39(66)26(15-30(45)58)51-34(61)21(5)47-35(62)23(10-12-71-6)48-32(60)17-43/h19-28,33,56H,8-18,43H2,1-7H3,(H2,44,57)(H2,45,58)(H2,46,59)(H,47,62)(H,48,60)(H,49,68)(H,50,65)(H,51,61)(H,52,64)(H,53,63)(H,54,66)(H,55,67)(H,69,70)/t21-,22-,23-,24-,25-,26-,27-,28-,33-/m0/s1. The van der Waals surface area contributed by atoms with E-state index in [0.29, 0.717) is 5.75 Å². The van der Waals surface area contributed by atoms with Crippen molar-refractivity contribution in [3.63, 3.8) is 0 Å². The first-order chi connectivity index (χ1) is 33.6. The molecule has 0 aromatic heterocycles. The monoisotopic (exact) mass is 1060 g/mol. The molecule has 0 aliphatic rings. The van der Waals surface area contributed by atoms with Crippen LogP contribution >= 0.6 is 23.5 Å². The van der Waals surface area contributed by atoms with Crippen molar-refractivity contribution in [2.24, 2.45) is 34.8 Å². The Balaban J connectivity index is 6.46. The molecule has 9 atom stereocenters. The van der Waals surface area contributed by atoms with Crippen molar-refractivity contribution in [3.05, 3.63) is 0 Å². The number of carboxylic acids is 1. The summed E-state index contributed by atoms with van der Waals surface area (Å²) >= 11 is 2.66. The van der Waals surface area contributed by atoms with Crippen LogP contribution in [0.4, 0.5) is 0 Å². The number of nitrogens with one attached hydrogen (secondary N) is 9. The molecule has 30 heteroatoms. The SMILES string of the molecule is CSCC[C@H](NC(=O)CN)C(=O)N[C@@H](C)C(=O)N[C@@H](CC(N)=O)C(=O)N[C@@H](CO)C(=O)N[C@@H](CCC(N)=O)C(=O)N[C@@H](CC(N)=O)C(=O)N[C@@H](CCSC)C(=O)N[C@@H](CC(C)C)C(=O)N[C@H](C(=O)O)C(C)C. The Bertz CT molecular complexity index is 1930. The highest BCUT2D eigenvalue weighted by Crippen LogP contribution is 2.11. The third-order valence-corrected chi connectivity index (χ3v) is 11.5. The minimum Gasteiger partial charge on any atom is -0.480 e. The fraction of sp³-hybridized carbons (Fsp3) is 0.690. The van der Waals surface area contributed by atoms with Gasteiger partial charge >= 0.3 is 5.97 Å². The molecular weight excluding hydrogens is 991 g/mol. The zero-order chi connectivity index (χ0) is 55.4. The average Bonchev–Trinajstić information content (AvgIpc) is 3.29. The van der Waals surface area contributed by atoms with Crippen LogP contribution in [0.25, 0.3) is 0 Å². The molecule has 0 radical (unpaired) electrons. The predicted octanol–water partition coefficient (Wildman–Crippen LogP) is -6.37. The van der Waals surface area contributed by atoms with Crippen molar-refractivity contribution in [2.45, 2.75) is 134 Å². The van der Waals surface area contributed by atoms with Gasteiger partial charge in [0.2, 0.25) is 70.9 Å². The van der Waals surface area contributed by atoms with E-state index in [1.54, 1.807) is 40.2 Å². The maximum Gasteiger partial charge on any atom is 0.326 e. The second-order valence-electron chi connectivity index (χ2n) is 17.2. The molecule has 0 unspecified atom stereocenters. The molecule has 0 aromatic carbocycles. The van der Waals surface area contributed by atoms with Crippen molar-refractivity contribution < 1.29 is 72.5 Å². The lowest BCUT2D eigenvalue weighted by Crippen LogP contribution is -2.61. The van der Waals surface area contributed by atoms with E-state index in [0.717, 1.165) is 0 Å². The van der Waals surface area contributed by atoms with Gasteiger partial charge in [-0.2, -0.15) is 23.5 Å². The summed E-state index contributed by atoms with van der Waals surface area (Å²) in [6, 6.07) is -13.8. The van der Waals surface area contributed by atoms with Gasteiger partial charge in [0, 0.05) is 6.42 Å². The normalized spacial score (nSPS) is 14.8. The topological polar surface area (TPSA) is 475 Å². The van der Waals surface area contributed by atoms with E-state index in [1.165, 1.54) is 30.4 Å². The summed E-state index contributed by atoms with van der Waals surface area (Å²) in [5, 5.41) is 40.8. The first-order valence-corrected chi connectivity index (χ1v) is 25.5. The van der Waals surface area contributed by atoms with Crippen LogP contribution in [0, 0.1) is 11.8 Å². The van der Waals surface area contributed by atoms with Crippen molar-refractivity contribution >= 4 is 100 Å². The Morgan fingerprint density at radius 2 is 0.847 bits per heavy atom. The number of carbonyl (C=O) groups excluding carboxylic acids is 12. The van der Waals surface area contributed by atoms with Crippen LogP contribution in [0.15, 0.2) is 0 Å². The number of hydrogen-bond donors (Lipinski definition) is 15. The van der Waals surface area contributed by atoms with Crippen LogP contribution in [0.3, 0.4) is 0 Å². The van der Waals surface area contributed by atoms with Crippen molar-refractivity contribution in [3.8, 4) is 0 Å². The molecule has 0 fully saturated rings. The third kappa shape index (κ3) is 25.7. The van der Waals surface area contributed by atoms with Crippen LogP contribution in [0.2, 0.25) is 0 Å². The first kappa shape index (κ1) is 65.7. The number of aliphatic hydroxyl groups excluding tert-OH is 1. The molecule has 28 nitrogen and oxygen atoms in total. The second kappa shape index (κ2) is 34.2. The number of aliphatic carboxylic acids is 1. The molecule has 12 amide bonds. The number of rotatable bonds is 36. The minimum absolute atomic E-state index is 0.0453. The number of hydrogen-bond acceptors (Lipinski definition) is 17. The van der Waals surface area contributed by atoms with E-state index < -0.39 is 176 Å².